The number of carbonyl (C=O) groups excluding carboxylic acids is 1. The van der Waals surface area contributed by atoms with Gasteiger partial charge in [-0.25, -0.2) is 8.78 Å². The lowest BCUT2D eigenvalue weighted by Gasteiger charge is -2.04. The van der Waals surface area contributed by atoms with Crippen LogP contribution in [0.3, 0.4) is 0 Å². The number of primary amides is 1. The highest BCUT2D eigenvalue weighted by molar-refractivity contribution is 5.81. The molecule has 0 spiro atoms. The normalized spacial score (nSPS) is 12.1. The maximum Gasteiger partial charge on any atom is 0.250 e. The summed E-state index contributed by atoms with van der Waals surface area (Å²) in [4.78, 5) is 20.8. The molecule has 74 valence electrons. The van der Waals surface area contributed by atoms with Gasteiger partial charge in [0.15, 0.2) is 6.04 Å². The Bertz CT molecular complexity index is 361. The first-order valence-corrected chi connectivity index (χ1v) is 3.62. The van der Waals surface area contributed by atoms with Gasteiger partial charge in [-0.3, -0.25) is 4.79 Å². The van der Waals surface area contributed by atoms with Gasteiger partial charge in [-0.15, -0.1) is 4.91 Å². The Hall–Kier alpha value is -1.85. The summed E-state index contributed by atoms with van der Waals surface area (Å²) >= 11 is 0. The summed E-state index contributed by atoms with van der Waals surface area (Å²) in [6.07, 6.45) is 0. The Morgan fingerprint density at radius 1 is 1.29 bits per heavy atom. The van der Waals surface area contributed by atoms with Crippen molar-refractivity contribution in [1.82, 2.24) is 0 Å². The minimum absolute atomic E-state index is 0.190. The SMILES string of the molecule is NC(=O)C(N=O)c1cc(F)cc(F)c1. The van der Waals surface area contributed by atoms with Crippen LogP contribution in [0.25, 0.3) is 0 Å². The zero-order chi connectivity index (χ0) is 10.7. The molecule has 0 aliphatic heterocycles. The summed E-state index contributed by atoms with van der Waals surface area (Å²) in [7, 11) is 0. The molecule has 1 aromatic carbocycles. The van der Waals surface area contributed by atoms with Crippen LogP contribution in [0.15, 0.2) is 23.4 Å². The molecule has 0 aliphatic rings. The van der Waals surface area contributed by atoms with Crippen molar-refractivity contribution in [2.24, 2.45) is 10.9 Å². The highest BCUT2D eigenvalue weighted by atomic mass is 19.1. The molecule has 0 saturated heterocycles. The molecule has 14 heavy (non-hydrogen) atoms. The molecule has 0 aromatic heterocycles. The molecule has 1 aromatic rings. The summed E-state index contributed by atoms with van der Waals surface area (Å²) in [5, 5.41) is 2.38. The second-order valence-corrected chi connectivity index (χ2v) is 2.61. The Balaban J connectivity index is 3.16. The van der Waals surface area contributed by atoms with Crippen molar-refractivity contribution in [3.63, 3.8) is 0 Å². The summed E-state index contributed by atoms with van der Waals surface area (Å²) < 4.78 is 25.3. The molecule has 1 unspecified atom stereocenters. The molecule has 1 atom stereocenters. The van der Waals surface area contributed by atoms with Gasteiger partial charge < -0.3 is 5.73 Å². The second kappa shape index (κ2) is 3.91. The van der Waals surface area contributed by atoms with E-state index < -0.39 is 23.6 Å². The van der Waals surface area contributed by atoms with Crippen molar-refractivity contribution in [2.75, 3.05) is 0 Å². The predicted octanol–water partition coefficient (Wildman–Crippen LogP) is 1.26. The van der Waals surface area contributed by atoms with Crippen LogP contribution in [0.4, 0.5) is 8.78 Å². The molecule has 2 N–H and O–H groups in total. The Labute approximate surface area is 77.7 Å². The molecule has 4 nitrogen and oxygen atoms in total. The van der Waals surface area contributed by atoms with Gasteiger partial charge in [0.25, 0.3) is 5.91 Å². The van der Waals surface area contributed by atoms with E-state index in [-0.39, 0.29) is 5.56 Å². The van der Waals surface area contributed by atoms with Gasteiger partial charge in [0, 0.05) is 6.07 Å². The lowest BCUT2D eigenvalue weighted by molar-refractivity contribution is -0.119. The molecule has 1 amide bonds. The van der Waals surface area contributed by atoms with Gasteiger partial charge >= 0.3 is 0 Å². The summed E-state index contributed by atoms with van der Waals surface area (Å²) in [5.74, 6) is -2.84. The van der Waals surface area contributed by atoms with Crippen molar-refractivity contribution in [1.29, 1.82) is 0 Å². The van der Waals surface area contributed by atoms with E-state index >= 15 is 0 Å². The maximum absolute atomic E-state index is 12.7. The predicted molar refractivity (Wildman–Crippen MR) is 44.1 cm³/mol. The third-order valence-electron chi connectivity index (χ3n) is 1.58. The first-order chi connectivity index (χ1) is 6.54. The maximum atomic E-state index is 12.7. The Kier molecular flexibility index (Phi) is 2.85. The summed E-state index contributed by atoms with van der Waals surface area (Å²) in [6.45, 7) is 0. The lowest BCUT2D eigenvalue weighted by Crippen LogP contribution is -2.19. The summed E-state index contributed by atoms with van der Waals surface area (Å²) in [6, 6.07) is 0.729. The van der Waals surface area contributed by atoms with Crippen LogP contribution in [0.2, 0.25) is 0 Å². The van der Waals surface area contributed by atoms with Crippen molar-refractivity contribution in [3.8, 4) is 0 Å². The number of hydrogen-bond acceptors (Lipinski definition) is 3. The van der Waals surface area contributed by atoms with Gasteiger partial charge in [0.1, 0.15) is 11.6 Å². The van der Waals surface area contributed by atoms with E-state index in [2.05, 4.69) is 5.18 Å². The average Bonchev–Trinajstić information content (AvgIpc) is 2.02. The molecule has 0 radical (unpaired) electrons. The topological polar surface area (TPSA) is 72.5 Å². The first-order valence-electron chi connectivity index (χ1n) is 3.62. The smallest absolute Gasteiger partial charge is 0.250 e. The van der Waals surface area contributed by atoms with Gasteiger partial charge in [-0.2, -0.15) is 0 Å². The minimum Gasteiger partial charge on any atom is -0.367 e. The molecule has 0 aliphatic carbocycles. The quantitative estimate of drug-likeness (QED) is 0.746. The van der Waals surface area contributed by atoms with Crippen molar-refractivity contribution in [2.45, 2.75) is 6.04 Å². The molecule has 0 fully saturated rings. The zero-order valence-corrected chi connectivity index (χ0v) is 6.91. The number of halogens is 2. The zero-order valence-electron chi connectivity index (χ0n) is 6.91. The first kappa shape index (κ1) is 10.2. The molecular formula is C8H6F2N2O2. The van der Waals surface area contributed by atoms with Crippen LogP contribution in [0, 0.1) is 16.5 Å². The number of nitrogens with zero attached hydrogens (tertiary/aromatic N) is 1. The fraction of sp³-hybridized carbons (Fsp3) is 0.125. The molecule has 0 bridgehead atoms. The molecule has 0 heterocycles. The largest absolute Gasteiger partial charge is 0.367 e. The van der Waals surface area contributed by atoms with E-state index in [4.69, 9.17) is 5.73 Å². The van der Waals surface area contributed by atoms with Crippen molar-refractivity contribution in [3.05, 3.63) is 40.3 Å². The van der Waals surface area contributed by atoms with E-state index in [0.29, 0.717) is 6.07 Å². The number of benzene rings is 1. The van der Waals surface area contributed by atoms with E-state index in [9.17, 15) is 18.5 Å². The van der Waals surface area contributed by atoms with E-state index in [1.807, 2.05) is 0 Å². The van der Waals surface area contributed by atoms with Gasteiger partial charge in [-0.1, -0.05) is 5.18 Å². The van der Waals surface area contributed by atoms with Crippen molar-refractivity contribution >= 4 is 5.91 Å². The van der Waals surface area contributed by atoms with Crippen LogP contribution in [0.5, 0.6) is 0 Å². The van der Waals surface area contributed by atoms with E-state index in [0.717, 1.165) is 12.1 Å². The highest BCUT2D eigenvalue weighted by Crippen LogP contribution is 2.19. The number of amides is 1. The number of hydrogen-bond donors (Lipinski definition) is 1. The van der Waals surface area contributed by atoms with Crippen LogP contribution in [0.1, 0.15) is 11.6 Å². The van der Waals surface area contributed by atoms with Gasteiger partial charge in [0.05, 0.1) is 0 Å². The standard InChI is InChI=1S/C8H6F2N2O2/c9-5-1-4(2-6(10)3-5)7(12-14)8(11)13/h1-3,7H,(H2,11,13). The number of nitrogens with two attached hydrogens (primary N) is 1. The Morgan fingerprint density at radius 3 is 2.14 bits per heavy atom. The third-order valence-corrected chi connectivity index (χ3v) is 1.58. The molecular weight excluding hydrogens is 194 g/mol. The highest BCUT2D eigenvalue weighted by Gasteiger charge is 2.19. The Morgan fingerprint density at radius 2 is 1.79 bits per heavy atom. The van der Waals surface area contributed by atoms with Crippen molar-refractivity contribution < 1.29 is 13.6 Å². The van der Waals surface area contributed by atoms with Crippen LogP contribution in [-0.4, -0.2) is 5.91 Å². The van der Waals surface area contributed by atoms with Gasteiger partial charge in [-0.05, 0) is 17.7 Å². The lowest BCUT2D eigenvalue weighted by atomic mass is 10.1. The second-order valence-electron chi connectivity index (χ2n) is 2.61. The number of rotatable bonds is 3. The van der Waals surface area contributed by atoms with E-state index in [1.165, 1.54) is 0 Å². The summed E-state index contributed by atoms with van der Waals surface area (Å²) in [5.41, 5.74) is 4.61. The van der Waals surface area contributed by atoms with E-state index in [1.54, 1.807) is 0 Å². The monoisotopic (exact) mass is 200 g/mol. The molecule has 1 rings (SSSR count). The van der Waals surface area contributed by atoms with Crippen LogP contribution in [-0.2, 0) is 4.79 Å². The molecule has 6 heteroatoms. The number of carbonyl (C=O) groups is 1. The van der Waals surface area contributed by atoms with Crippen LogP contribution < -0.4 is 5.73 Å². The third kappa shape index (κ3) is 2.09. The average molecular weight is 200 g/mol. The minimum atomic E-state index is -1.56. The van der Waals surface area contributed by atoms with Gasteiger partial charge in [0.2, 0.25) is 0 Å². The number of nitroso groups, excluding NO2 is 1. The fourth-order valence-electron chi connectivity index (χ4n) is 1.01. The van der Waals surface area contributed by atoms with Crippen LogP contribution >= 0.6 is 0 Å². The molecule has 0 saturated carbocycles. The fourth-order valence-corrected chi connectivity index (χ4v) is 1.01.